The predicted octanol–water partition coefficient (Wildman–Crippen LogP) is 2.38. The molecule has 0 N–H and O–H groups in total. The molecule has 0 spiro atoms. The molecule has 2 rings (SSSR count). The summed E-state index contributed by atoms with van der Waals surface area (Å²) in [5.41, 5.74) is 2.38. The van der Waals surface area contributed by atoms with Crippen LogP contribution in [0.1, 0.15) is 11.1 Å². The Morgan fingerprint density at radius 3 is 2.92 bits per heavy atom. The summed E-state index contributed by atoms with van der Waals surface area (Å²) in [5, 5.41) is 0. The molecule has 1 heterocycles. The topological polar surface area (TPSA) is 21.6 Å². The molecule has 0 aromatic heterocycles. The number of hydrogen-bond acceptors (Lipinski definition) is 2. The Morgan fingerprint density at radius 2 is 2.31 bits per heavy atom. The first-order valence-electron chi connectivity index (χ1n) is 4.22. The van der Waals surface area contributed by atoms with Gasteiger partial charge in [-0.3, -0.25) is 0 Å². The second-order valence-corrected chi connectivity index (χ2v) is 4.13. The third-order valence-corrected chi connectivity index (χ3v) is 2.92. The Bertz CT molecular complexity index is 340. The summed E-state index contributed by atoms with van der Waals surface area (Å²) in [7, 11) is 0. The third-order valence-electron chi connectivity index (χ3n) is 2.02. The van der Waals surface area contributed by atoms with Crippen molar-refractivity contribution in [2.24, 2.45) is 4.99 Å². The van der Waals surface area contributed by atoms with Crippen LogP contribution in [-0.4, -0.2) is 19.0 Å². The molecule has 0 fully saturated rings. The van der Waals surface area contributed by atoms with Gasteiger partial charge >= 0.3 is 0 Å². The number of aryl methyl sites for hydroxylation is 1. The van der Waals surface area contributed by atoms with Gasteiger partial charge < -0.3 is 4.74 Å². The monoisotopic (exact) mass is 287 g/mol. The zero-order valence-corrected chi connectivity index (χ0v) is 9.54. The van der Waals surface area contributed by atoms with Gasteiger partial charge in [0.1, 0.15) is 6.61 Å². The summed E-state index contributed by atoms with van der Waals surface area (Å²) in [4.78, 5) is 4.32. The SMILES string of the molecule is Cc1cccc(I)c1C1=NCCO1. The summed E-state index contributed by atoms with van der Waals surface area (Å²) in [6.45, 7) is 3.60. The third kappa shape index (κ3) is 1.70. The lowest BCUT2D eigenvalue weighted by molar-refractivity contribution is 0.348. The quantitative estimate of drug-likeness (QED) is 0.727. The van der Waals surface area contributed by atoms with Gasteiger partial charge in [-0.15, -0.1) is 0 Å². The van der Waals surface area contributed by atoms with E-state index in [1.165, 1.54) is 9.13 Å². The van der Waals surface area contributed by atoms with Crippen molar-refractivity contribution in [3.05, 3.63) is 32.9 Å². The van der Waals surface area contributed by atoms with E-state index in [1.54, 1.807) is 0 Å². The molecule has 3 heteroatoms. The van der Waals surface area contributed by atoms with Crippen molar-refractivity contribution < 1.29 is 4.74 Å². The van der Waals surface area contributed by atoms with Crippen LogP contribution in [0, 0.1) is 10.5 Å². The van der Waals surface area contributed by atoms with Crippen molar-refractivity contribution in [2.75, 3.05) is 13.2 Å². The van der Waals surface area contributed by atoms with E-state index in [0.717, 1.165) is 24.6 Å². The standard InChI is InChI=1S/C10H10INO/c1-7-3-2-4-8(11)9(7)10-12-5-6-13-10/h2-4H,5-6H2,1H3. The Balaban J connectivity index is 2.49. The lowest BCUT2D eigenvalue weighted by Gasteiger charge is -2.07. The summed E-state index contributed by atoms with van der Waals surface area (Å²) in [6, 6.07) is 6.21. The number of halogens is 1. The van der Waals surface area contributed by atoms with E-state index in [1.807, 2.05) is 0 Å². The summed E-state index contributed by atoms with van der Waals surface area (Å²) in [6.07, 6.45) is 0. The minimum absolute atomic E-state index is 0.722. The average Bonchev–Trinajstić information content (AvgIpc) is 2.57. The van der Waals surface area contributed by atoms with Gasteiger partial charge in [0.2, 0.25) is 5.90 Å². The minimum Gasteiger partial charge on any atom is -0.475 e. The number of rotatable bonds is 1. The highest BCUT2D eigenvalue weighted by molar-refractivity contribution is 14.1. The van der Waals surface area contributed by atoms with Crippen molar-refractivity contribution in [2.45, 2.75) is 6.92 Å². The molecule has 1 aliphatic rings. The van der Waals surface area contributed by atoms with Crippen LogP contribution in [0.2, 0.25) is 0 Å². The molecular formula is C10H10INO. The lowest BCUT2D eigenvalue weighted by atomic mass is 10.1. The zero-order valence-electron chi connectivity index (χ0n) is 7.38. The maximum absolute atomic E-state index is 5.45. The molecule has 0 unspecified atom stereocenters. The van der Waals surface area contributed by atoms with Gasteiger partial charge in [-0.05, 0) is 41.1 Å². The lowest BCUT2D eigenvalue weighted by Crippen LogP contribution is -2.05. The van der Waals surface area contributed by atoms with Gasteiger partial charge in [-0.2, -0.15) is 0 Å². The maximum Gasteiger partial charge on any atom is 0.217 e. The molecule has 0 saturated heterocycles. The van der Waals surface area contributed by atoms with Gasteiger partial charge in [-0.25, -0.2) is 4.99 Å². The Morgan fingerprint density at radius 1 is 1.46 bits per heavy atom. The largest absolute Gasteiger partial charge is 0.475 e. The second kappa shape index (κ2) is 3.65. The highest BCUT2D eigenvalue weighted by Gasteiger charge is 2.15. The minimum atomic E-state index is 0.722. The van der Waals surface area contributed by atoms with Crippen LogP contribution < -0.4 is 0 Å². The van der Waals surface area contributed by atoms with Crippen molar-refractivity contribution in [1.29, 1.82) is 0 Å². The summed E-state index contributed by atoms with van der Waals surface area (Å²) >= 11 is 2.31. The van der Waals surface area contributed by atoms with Gasteiger partial charge in [-0.1, -0.05) is 12.1 Å². The molecule has 13 heavy (non-hydrogen) atoms. The van der Waals surface area contributed by atoms with Crippen LogP contribution in [0.4, 0.5) is 0 Å². The molecule has 0 atom stereocenters. The van der Waals surface area contributed by atoms with Crippen molar-refractivity contribution in [1.82, 2.24) is 0 Å². The fraction of sp³-hybridized carbons (Fsp3) is 0.300. The molecule has 0 aliphatic carbocycles. The van der Waals surface area contributed by atoms with E-state index in [2.05, 4.69) is 52.7 Å². The summed E-state index contributed by atoms with van der Waals surface area (Å²) in [5.74, 6) is 0.808. The number of benzene rings is 1. The van der Waals surface area contributed by atoms with Crippen LogP contribution in [-0.2, 0) is 4.74 Å². The first kappa shape index (κ1) is 8.99. The van der Waals surface area contributed by atoms with E-state index in [4.69, 9.17) is 4.74 Å². The number of ether oxygens (including phenoxy) is 1. The van der Waals surface area contributed by atoms with Crippen LogP contribution in [0.15, 0.2) is 23.2 Å². The fourth-order valence-electron chi connectivity index (χ4n) is 1.39. The van der Waals surface area contributed by atoms with Crippen molar-refractivity contribution in [3.63, 3.8) is 0 Å². The highest BCUT2D eigenvalue weighted by Crippen LogP contribution is 2.19. The maximum atomic E-state index is 5.45. The molecular weight excluding hydrogens is 277 g/mol. The molecule has 68 valence electrons. The zero-order chi connectivity index (χ0) is 9.26. The normalized spacial score (nSPS) is 15.4. The molecule has 0 saturated carbocycles. The van der Waals surface area contributed by atoms with Crippen molar-refractivity contribution >= 4 is 28.5 Å². The molecule has 2 nitrogen and oxygen atoms in total. The number of aliphatic imine (C=N–C) groups is 1. The first-order chi connectivity index (χ1) is 6.29. The van der Waals surface area contributed by atoms with Crippen LogP contribution in [0.3, 0.4) is 0 Å². The molecule has 0 amide bonds. The number of nitrogens with zero attached hydrogens (tertiary/aromatic N) is 1. The predicted molar refractivity (Wildman–Crippen MR) is 61.3 cm³/mol. The second-order valence-electron chi connectivity index (χ2n) is 2.97. The van der Waals surface area contributed by atoms with Gasteiger partial charge in [0.05, 0.1) is 12.1 Å². The molecule has 0 bridgehead atoms. The van der Waals surface area contributed by atoms with E-state index >= 15 is 0 Å². The van der Waals surface area contributed by atoms with Crippen LogP contribution in [0.25, 0.3) is 0 Å². The highest BCUT2D eigenvalue weighted by atomic mass is 127. The van der Waals surface area contributed by atoms with Gasteiger partial charge in [0.25, 0.3) is 0 Å². The fourth-order valence-corrected chi connectivity index (χ4v) is 2.25. The summed E-state index contributed by atoms with van der Waals surface area (Å²) < 4.78 is 6.65. The molecule has 1 aromatic rings. The van der Waals surface area contributed by atoms with Gasteiger partial charge in [0.15, 0.2) is 0 Å². The first-order valence-corrected chi connectivity index (χ1v) is 5.29. The molecule has 1 aliphatic heterocycles. The van der Waals surface area contributed by atoms with E-state index in [9.17, 15) is 0 Å². The van der Waals surface area contributed by atoms with Crippen molar-refractivity contribution in [3.8, 4) is 0 Å². The van der Waals surface area contributed by atoms with E-state index in [0.29, 0.717) is 0 Å². The van der Waals surface area contributed by atoms with E-state index in [-0.39, 0.29) is 0 Å². The van der Waals surface area contributed by atoms with Crippen LogP contribution in [0.5, 0.6) is 0 Å². The van der Waals surface area contributed by atoms with Gasteiger partial charge in [0, 0.05) is 3.57 Å². The molecule has 0 radical (unpaired) electrons. The molecule has 1 aromatic carbocycles. The Hall–Kier alpha value is -0.580. The Kier molecular flexibility index (Phi) is 2.53. The van der Waals surface area contributed by atoms with E-state index < -0.39 is 0 Å². The Labute approximate surface area is 91.2 Å². The van der Waals surface area contributed by atoms with Crippen LogP contribution >= 0.6 is 22.6 Å². The number of hydrogen-bond donors (Lipinski definition) is 0. The smallest absolute Gasteiger partial charge is 0.217 e. The average molecular weight is 287 g/mol.